The first-order valence-electron chi connectivity index (χ1n) is 10.0. The van der Waals surface area contributed by atoms with Crippen molar-refractivity contribution in [1.82, 2.24) is 5.32 Å². The van der Waals surface area contributed by atoms with Crippen LogP contribution >= 0.6 is 0 Å². The molecule has 0 saturated heterocycles. The molecule has 3 rings (SSSR count). The molecular weight excluding hydrogens is 447 g/mol. The van der Waals surface area contributed by atoms with Crippen LogP contribution in [-0.4, -0.2) is 33.9 Å². The van der Waals surface area contributed by atoms with Crippen LogP contribution in [0.3, 0.4) is 0 Å². The van der Waals surface area contributed by atoms with Gasteiger partial charge in [-0.05, 0) is 55.0 Å². The zero-order chi connectivity index (χ0) is 24.0. The molecule has 0 aromatic heterocycles. The quantitative estimate of drug-likeness (QED) is 0.507. The highest BCUT2D eigenvalue weighted by atomic mass is 32.2. The molecule has 33 heavy (non-hydrogen) atoms. The number of esters is 1. The SMILES string of the molecule is C[C@@H](NC(=O)COC(=O)c1cccc(S(=O)(=O)N(C)c2ccccc2)c1)c1ccc(F)cc1. The normalized spacial score (nSPS) is 12.0. The van der Waals surface area contributed by atoms with E-state index < -0.39 is 34.5 Å². The minimum Gasteiger partial charge on any atom is -0.452 e. The third kappa shape index (κ3) is 5.95. The Hall–Kier alpha value is -3.72. The number of ether oxygens (including phenoxy) is 1. The molecule has 3 aromatic carbocycles. The highest BCUT2D eigenvalue weighted by Crippen LogP contribution is 2.22. The first-order chi connectivity index (χ1) is 15.7. The van der Waals surface area contributed by atoms with Gasteiger partial charge in [-0.25, -0.2) is 17.6 Å². The average Bonchev–Trinajstić information content (AvgIpc) is 2.83. The lowest BCUT2D eigenvalue weighted by molar-refractivity contribution is -0.124. The van der Waals surface area contributed by atoms with E-state index in [1.807, 2.05) is 0 Å². The van der Waals surface area contributed by atoms with E-state index >= 15 is 0 Å². The molecular formula is C24H23FN2O5S. The number of rotatable bonds is 8. The Labute approximate surface area is 191 Å². The molecule has 0 aliphatic heterocycles. The molecule has 0 aliphatic rings. The summed E-state index contributed by atoms with van der Waals surface area (Å²) < 4.78 is 45.1. The van der Waals surface area contributed by atoms with Crippen molar-refractivity contribution in [2.45, 2.75) is 17.9 Å². The van der Waals surface area contributed by atoms with E-state index in [0.29, 0.717) is 11.3 Å². The minimum atomic E-state index is -3.91. The molecule has 172 valence electrons. The predicted octanol–water partition coefficient (Wildman–Crippen LogP) is 3.69. The lowest BCUT2D eigenvalue weighted by Gasteiger charge is -2.19. The number of para-hydroxylation sites is 1. The van der Waals surface area contributed by atoms with Gasteiger partial charge in [-0.2, -0.15) is 0 Å². The van der Waals surface area contributed by atoms with Gasteiger partial charge in [0, 0.05) is 7.05 Å². The van der Waals surface area contributed by atoms with Crippen LogP contribution < -0.4 is 9.62 Å². The standard InChI is InChI=1S/C24H23FN2O5S/c1-17(18-11-13-20(25)14-12-18)26-23(28)16-32-24(29)19-7-6-10-22(15-19)33(30,31)27(2)21-8-4-3-5-9-21/h3-15,17H,16H2,1-2H3,(H,26,28)/t17-/m1/s1. The van der Waals surface area contributed by atoms with Gasteiger partial charge in [-0.1, -0.05) is 36.4 Å². The first kappa shape index (κ1) is 23.9. The van der Waals surface area contributed by atoms with E-state index in [2.05, 4.69) is 5.32 Å². The van der Waals surface area contributed by atoms with Crippen LogP contribution in [0.4, 0.5) is 10.1 Å². The van der Waals surface area contributed by atoms with Gasteiger partial charge in [0.2, 0.25) is 0 Å². The van der Waals surface area contributed by atoms with Crippen molar-refractivity contribution >= 4 is 27.6 Å². The van der Waals surface area contributed by atoms with Crippen LogP contribution in [0.15, 0.2) is 83.8 Å². The van der Waals surface area contributed by atoms with E-state index in [1.165, 1.54) is 43.4 Å². The molecule has 1 atom stereocenters. The highest BCUT2D eigenvalue weighted by Gasteiger charge is 2.23. The Kier molecular flexibility index (Phi) is 7.44. The minimum absolute atomic E-state index is 0.00285. The van der Waals surface area contributed by atoms with Gasteiger partial charge >= 0.3 is 5.97 Å². The van der Waals surface area contributed by atoms with Crippen molar-refractivity contribution in [3.8, 4) is 0 Å². The highest BCUT2D eigenvalue weighted by molar-refractivity contribution is 7.92. The largest absolute Gasteiger partial charge is 0.452 e. The lowest BCUT2D eigenvalue weighted by Crippen LogP contribution is -2.31. The molecule has 0 saturated carbocycles. The maximum atomic E-state index is 13.0. The van der Waals surface area contributed by atoms with Crippen molar-refractivity contribution in [3.63, 3.8) is 0 Å². The fraction of sp³-hybridized carbons (Fsp3) is 0.167. The maximum absolute atomic E-state index is 13.0. The summed E-state index contributed by atoms with van der Waals surface area (Å²) in [7, 11) is -2.49. The first-order valence-corrected chi connectivity index (χ1v) is 11.5. The number of carbonyl (C=O) groups excluding carboxylic acids is 2. The Bertz CT molecular complexity index is 1230. The predicted molar refractivity (Wildman–Crippen MR) is 122 cm³/mol. The summed E-state index contributed by atoms with van der Waals surface area (Å²) in [6, 6.07) is 19.2. The van der Waals surface area contributed by atoms with Gasteiger partial charge < -0.3 is 10.1 Å². The molecule has 7 nitrogen and oxygen atoms in total. The average molecular weight is 471 g/mol. The Morgan fingerprint density at radius 1 is 1.00 bits per heavy atom. The van der Waals surface area contributed by atoms with Crippen LogP contribution in [0.1, 0.15) is 28.9 Å². The summed E-state index contributed by atoms with van der Waals surface area (Å²) >= 11 is 0. The number of hydrogen-bond acceptors (Lipinski definition) is 5. The smallest absolute Gasteiger partial charge is 0.338 e. The van der Waals surface area contributed by atoms with Crippen LogP contribution in [0, 0.1) is 5.82 Å². The van der Waals surface area contributed by atoms with Gasteiger partial charge in [0.05, 0.1) is 22.2 Å². The number of carbonyl (C=O) groups is 2. The van der Waals surface area contributed by atoms with E-state index in [-0.39, 0.29) is 16.3 Å². The zero-order valence-electron chi connectivity index (χ0n) is 18.1. The Morgan fingerprint density at radius 2 is 1.67 bits per heavy atom. The number of amides is 1. The van der Waals surface area contributed by atoms with Crippen molar-refractivity contribution in [3.05, 3.63) is 95.8 Å². The summed E-state index contributed by atoms with van der Waals surface area (Å²) in [6.45, 7) is 1.16. The summed E-state index contributed by atoms with van der Waals surface area (Å²) in [5.74, 6) is -1.77. The molecule has 0 heterocycles. The number of hydrogen-bond donors (Lipinski definition) is 1. The summed E-state index contributed by atoms with van der Waals surface area (Å²) in [6.07, 6.45) is 0. The summed E-state index contributed by atoms with van der Waals surface area (Å²) in [5.41, 5.74) is 1.16. The van der Waals surface area contributed by atoms with Gasteiger partial charge in [-0.15, -0.1) is 0 Å². The molecule has 1 N–H and O–H groups in total. The van der Waals surface area contributed by atoms with Crippen molar-refractivity contribution in [2.75, 3.05) is 18.0 Å². The topological polar surface area (TPSA) is 92.8 Å². The van der Waals surface area contributed by atoms with Crippen LogP contribution in [0.2, 0.25) is 0 Å². The molecule has 0 fully saturated rings. The number of anilines is 1. The number of halogens is 1. The number of nitrogens with one attached hydrogen (secondary N) is 1. The molecule has 0 radical (unpaired) electrons. The lowest BCUT2D eigenvalue weighted by atomic mass is 10.1. The second-order valence-corrected chi connectivity index (χ2v) is 9.22. The molecule has 0 unspecified atom stereocenters. The van der Waals surface area contributed by atoms with Crippen LogP contribution in [0.5, 0.6) is 0 Å². The van der Waals surface area contributed by atoms with Crippen LogP contribution in [-0.2, 0) is 19.6 Å². The van der Waals surface area contributed by atoms with E-state index in [9.17, 15) is 22.4 Å². The molecule has 0 bridgehead atoms. The monoisotopic (exact) mass is 470 g/mol. The van der Waals surface area contributed by atoms with Gasteiger partial charge in [0.25, 0.3) is 15.9 Å². The zero-order valence-corrected chi connectivity index (χ0v) is 18.9. The number of sulfonamides is 1. The third-order valence-electron chi connectivity index (χ3n) is 4.93. The third-order valence-corrected chi connectivity index (χ3v) is 6.71. The fourth-order valence-corrected chi connectivity index (χ4v) is 4.29. The van der Waals surface area contributed by atoms with Crippen molar-refractivity contribution in [1.29, 1.82) is 0 Å². The van der Waals surface area contributed by atoms with Crippen molar-refractivity contribution < 1.29 is 27.1 Å². The molecule has 0 spiro atoms. The molecule has 0 aliphatic carbocycles. The summed E-state index contributed by atoms with van der Waals surface area (Å²) in [5, 5.41) is 2.65. The fourth-order valence-electron chi connectivity index (χ4n) is 3.05. The van der Waals surface area contributed by atoms with Crippen molar-refractivity contribution in [2.24, 2.45) is 0 Å². The molecule has 9 heteroatoms. The number of nitrogens with zero attached hydrogens (tertiary/aromatic N) is 1. The van der Waals surface area contributed by atoms with Gasteiger partial charge in [-0.3, -0.25) is 9.10 Å². The summed E-state index contributed by atoms with van der Waals surface area (Å²) in [4.78, 5) is 24.5. The van der Waals surface area contributed by atoms with Crippen LogP contribution in [0.25, 0.3) is 0 Å². The second-order valence-electron chi connectivity index (χ2n) is 7.25. The maximum Gasteiger partial charge on any atom is 0.338 e. The Balaban J connectivity index is 1.63. The van der Waals surface area contributed by atoms with E-state index in [4.69, 9.17) is 4.74 Å². The van der Waals surface area contributed by atoms with E-state index in [0.717, 1.165) is 4.31 Å². The van der Waals surface area contributed by atoms with E-state index in [1.54, 1.807) is 49.4 Å². The second kappa shape index (κ2) is 10.3. The molecule has 1 amide bonds. The molecule has 3 aromatic rings. The van der Waals surface area contributed by atoms with Gasteiger partial charge in [0.15, 0.2) is 6.61 Å². The van der Waals surface area contributed by atoms with Gasteiger partial charge in [0.1, 0.15) is 5.82 Å². The Morgan fingerprint density at radius 3 is 2.33 bits per heavy atom. The number of benzene rings is 3.